The summed E-state index contributed by atoms with van der Waals surface area (Å²) in [6, 6.07) is 9.10. The molecule has 0 radical (unpaired) electrons. The molecule has 2 heterocycles. The van der Waals surface area contributed by atoms with Gasteiger partial charge in [0.25, 0.3) is 5.72 Å². The highest BCUT2D eigenvalue weighted by atomic mass is 79.9. The van der Waals surface area contributed by atoms with E-state index in [2.05, 4.69) is 21.0 Å². The molecule has 9 heteroatoms. The monoisotopic (exact) mass is 416 g/mol. The minimum atomic E-state index is -5.10. The molecule has 5 nitrogen and oxygen atoms in total. The van der Waals surface area contributed by atoms with Crippen LogP contribution in [0.3, 0.4) is 0 Å². The molecule has 0 aliphatic carbocycles. The molecule has 0 unspecified atom stereocenters. The average Bonchev–Trinajstić information content (AvgIpc) is 3.11. The van der Waals surface area contributed by atoms with Crippen molar-refractivity contribution in [3.8, 4) is 0 Å². The van der Waals surface area contributed by atoms with Crippen LogP contribution in [-0.4, -0.2) is 33.6 Å². The van der Waals surface area contributed by atoms with Crippen LogP contribution in [0.1, 0.15) is 28.3 Å². The van der Waals surface area contributed by atoms with Crippen LogP contribution in [0.4, 0.5) is 13.2 Å². The lowest BCUT2D eigenvalue weighted by atomic mass is 10.0. The smallest absolute Gasteiger partial charge is 0.438 e. The summed E-state index contributed by atoms with van der Waals surface area (Å²) < 4.78 is 46.2. The molecule has 0 saturated carbocycles. The standard InChI is InChI=1S/C16H12BrF3N2O3/c1-9-5-6-13(25-9)14(23)22-15(24,16(18,19)20)8-12(21-22)10-3-2-4-11(17)7-10/h2-7,24H,8H2,1H3/t15-/m1/s1. The Kier molecular flexibility index (Phi) is 4.24. The van der Waals surface area contributed by atoms with Crippen molar-refractivity contribution < 1.29 is 27.5 Å². The first-order valence-corrected chi connectivity index (χ1v) is 7.94. The highest BCUT2D eigenvalue weighted by Gasteiger charge is 2.63. The van der Waals surface area contributed by atoms with E-state index < -0.39 is 24.2 Å². The fraction of sp³-hybridized carbons (Fsp3) is 0.250. The normalized spacial score (nSPS) is 20.7. The molecule has 1 atom stereocenters. The Morgan fingerprint density at radius 1 is 1.36 bits per heavy atom. The van der Waals surface area contributed by atoms with Crippen LogP contribution in [-0.2, 0) is 0 Å². The van der Waals surface area contributed by atoms with Crippen LogP contribution < -0.4 is 0 Å². The van der Waals surface area contributed by atoms with E-state index in [1.54, 1.807) is 31.2 Å². The van der Waals surface area contributed by atoms with Gasteiger partial charge in [0.2, 0.25) is 0 Å². The van der Waals surface area contributed by atoms with Gasteiger partial charge in [-0.25, -0.2) is 0 Å². The molecular formula is C16H12BrF3N2O3. The molecule has 1 aromatic carbocycles. The largest absolute Gasteiger partial charge is 0.456 e. The lowest BCUT2D eigenvalue weighted by molar-refractivity contribution is -0.297. The number of hydrazone groups is 1. The third-order valence-electron chi connectivity index (χ3n) is 3.74. The summed E-state index contributed by atoms with van der Waals surface area (Å²) >= 11 is 3.23. The predicted octanol–water partition coefficient (Wildman–Crippen LogP) is 3.85. The van der Waals surface area contributed by atoms with E-state index in [4.69, 9.17) is 4.42 Å². The number of carbonyl (C=O) groups is 1. The highest BCUT2D eigenvalue weighted by molar-refractivity contribution is 9.10. The van der Waals surface area contributed by atoms with Crippen molar-refractivity contribution in [3.63, 3.8) is 0 Å². The third-order valence-corrected chi connectivity index (χ3v) is 4.23. The van der Waals surface area contributed by atoms with Crippen molar-refractivity contribution >= 4 is 27.5 Å². The fourth-order valence-electron chi connectivity index (χ4n) is 2.46. The van der Waals surface area contributed by atoms with Crippen LogP contribution in [0.2, 0.25) is 0 Å². The number of halogens is 4. The number of carbonyl (C=O) groups excluding carboxylic acids is 1. The van der Waals surface area contributed by atoms with Gasteiger partial charge in [-0.15, -0.1) is 0 Å². The molecule has 0 spiro atoms. The molecule has 1 aromatic heterocycles. The number of nitrogens with zero attached hydrogens (tertiary/aromatic N) is 2. The fourth-order valence-corrected chi connectivity index (χ4v) is 2.86. The Balaban J connectivity index is 2.05. The summed E-state index contributed by atoms with van der Waals surface area (Å²) in [6.45, 7) is 1.55. The second-order valence-corrected chi connectivity index (χ2v) is 6.49. The van der Waals surface area contributed by atoms with Crippen molar-refractivity contribution in [2.75, 3.05) is 0 Å². The number of aryl methyl sites for hydroxylation is 1. The number of benzene rings is 1. The summed E-state index contributed by atoms with van der Waals surface area (Å²) in [5.41, 5.74) is -3.14. The Bertz CT molecular complexity index is 862. The van der Waals surface area contributed by atoms with E-state index in [0.717, 1.165) is 0 Å². The van der Waals surface area contributed by atoms with Gasteiger partial charge in [0, 0.05) is 4.47 Å². The molecule has 1 amide bonds. The number of hydrogen-bond acceptors (Lipinski definition) is 4. The SMILES string of the molecule is Cc1ccc(C(=O)N2N=C(c3cccc(Br)c3)C[C@@]2(O)C(F)(F)F)o1. The Labute approximate surface area is 148 Å². The lowest BCUT2D eigenvalue weighted by Crippen LogP contribution is -2.56. The summed E-state index contributed by atoms with van der Waals surface area (Å²) in [5, 5.41) is 14.0. The topological polar surface area (TPSA) is 66.0 Å². The number of rotatable bonds is 2. The number of hydrogen-bond donors (Lipinski definition) is 1. The first-order valence-electron chi connectivity index (χ1n) is 7.15. The second kappa shape index (κ2) is 5.99. The molecule has 2 aromatic rings. The van der Waals surface area contributed by atoms with E-state index >= 15 is 0 Å². The van der Waals surface area contributed by atoms with Crippen LogP contribution in [0.15, 0.2) is 50.4 Å². The van der Waals surface area contributed by atoms with Gasteiger partial charge in [-0.3, -0.25) is 4.79 Å². The zero-order chi connectivity index (χ0) is 18.4. The van der Waals surface area contributed by atoms with Gasteiger partial charge < -0.3 is 9.52 Å². The summed E-state index contributed by atoms with van der Waals surface area (Å²) in [5.74, 6) is -1.15. The first kappa shape index (κ1) is 17.7. The highest BCUT2D eigenvalue weighted by Crippen LogP contribution is 2.42. The van der Waals surface area contributed by atoms with Crippen LogP contribution in [0, 0.1) is 6.92 Å². The van der Waals surface area contributed by atoms with Crippen LogP contribution in [0.25, 0.3) is 0 Å². The van der Waals surface area contributed by atoms with Crippen molar-refractivity contribution in [3.05, 3.63) is 58.0 Å². The maximum atomic E-state index is 13.5. The molecule has 0 fully saturated rings. The molecule has 3 rings (SSSR count). The van der Waals surface area contributed by atoms with Crippen molar-refractivity contribution in [1.29, 1.82) is 0 Å². The van der Waals surface area contributed by atoms with Crippen LogP contribution in [0.5, 0.6) is 0 Å². The molecule has 132 valence electrons. The van der Waals surface area contributed by atoms with Gasteiger partial charge in [-0.05, 0) is 36.8 Å². The van der Waals surface area contributed by atoms with Gasteiger partial charge in [0.05, 0.1) is 12.1 Å². The van der Waals surface area contributed by atoms with E-state index in [-0.39, 0.29) is 16.5 Å². The van der Waals surface area contributed by atoms with Crippen molar-refractivity contribution in [2.45, 2.75) is 25.2 Å². The van der Waals surface area contributed by atoms with Crippen molar-refractivity contribution in [2.24, 2.45) is 5.10 Å². The second-order valence-electron chi connectivity index (χ2n) is 5.58. The lowest BCUT2D eigenvalue weighted by Gasteiger charge is -2.32. The Hall–Kier alpha value is -2.13. The van der Waals surface area contributed by atoms with Crippen molar-refractivity contribution in [1.82, 2.24) is 5.01 Å². The van der Waals surface area contributed by atoms with E-state index in [1.807, 2.05) is 0 Å². The third kappa shape index (κ3) is 3.09. The predicted molar refractivity (Wildman–Crippen MR) is 85.9 cm³/mol. The minimum absolute atomic E-state index is 0.0432. The van der Waals surface area contributed by atoms with Gasteiger partial charge in [-0.1, -0.05) is 28.1 Å². The van der Waals surface area contributed by atoms with E-state index in [9.17, 15) is 23.1 Å². The summed E-state index contributed by atoms with van der Waals surface area (Å²) in [6.07, 6.45) is -5.97. The molecule has 0 saturated heterocycles. The molecular weight excluding hydrogens is 405 g/mol. The van der Waals surface area contributed by atoms with E-state index in [1.165, 1.54) is 12.1 Å². The molecule has 1 N–H and O–H groups in total. The Morgan fingerprint density at radius 2 is 2.08 bits per heavy atom. The molecule has 0 bridgehead atoms. The Morgan fingerprint density at radius 3 is 2.64 bits per heavy atom. The van der Waals surface area contributed by atoms with E-state index in [0.29, 0.717) is 15.8 Å². The number of amides is 1. The molecule has 1 aliphatic rings. The van der Waals surface area contributed by atoms with Crippen LogP contribution >= 0.6 is 15.9 Å². The summed E-state index contributed by atoms with van der Waals surface area (Å²) in [4.78, 5) is 12.4. The maximum Gasteiger partial charge on any atom is 0.438 e. The average molecular weight is 417 g/mol. The van der Waals surface area contributed by atoms with Gasteiger partial charge >= 0.3 is 12.1 Å². The minimum Gasteiger partial charge on any atom is -0.456 e. The van der Waals surface area contributed by atoms with Gasteiger partial charge in [0.15, 0.2) is 5.76 Å². The van der Waals surface area contributed by atoms with Gasteiger partial charge in [0.1, 0.15) is 5.76 Å². The summed E-state index contributed by atoms with van der Waals surface area (Å²) in [7, 11) is 0. The molecule has 25 heavy (non-hydrogen) atoms. The molecule has 1 aliphatic heterocycles. The number of alkyl halides is 3. The quantitative estimate of drug-likeness (QED) is 0.808. The number of aliphatic hydroxyl groups is 1. The zero-order valence-corrected chi connectivity index (χ0v) is 14.4. The first-order chi connectivity index (χ1) is 11.6. The maximum absolute atomic E-state index is 13.5. The van der Waals surface area contributed by atoms with Gasteiger partial charge in [-0.2, -0.15) is 23.3 Å². The number of furan rings is 1. The zero-order valence-electron chi connectivity index (χ0n) is 12.8.